The van der Waals surface area contributed by atoms with Crippen molar-refractivity contribution in [1.82, 2.24) is 9.88 Å². The molecule has 6 heteroatoms. The van der Waals surface area contributed by atoms with Crippen molar-refractivity contribution >= 4 is 38.5 Å². The van der Waals surface area contributed by atoms with Gasteiger partial charge in [-0.05, 0) is 36.1 Å². The van der Waals surface area contributed by atoms with Gasteiger partial charge >= 0.3 is 0 Å². The van der Waals surface area contributed by atoms with Crippen LogP contribution in [0.15, 0.2) is 48.5 Å². The normalized spacial score (nSPS) is 17.9. The van der Waals surface area contributed by atoms with Crippen LogP contribution in [0.5, 0.6) is 0 Å². The Kier molecular flexibility index (Phi) is 5.25. The van der Waals surface area contributed by atoms with Crippen LogP contribution in [0.25, 0.3) is 10.2 Å². The zero-order chi connectivity index (χ0) is 20.5. The topological polar surface area (TPSA) is 62.3 Å². The molecule has 5 nitrogen and oxygen atoms in total. The third kappa shape index (κ3) is 3.72. The molecule has 1 fully saturated rings. The summed E-state index contributed by atoms with van der Waals surface area (Å²) in [4.78, 5) is 32.8. The van der Waals surface area contributed by atoms with Crippen molar-refractivity contribution in [2.24, 2.45) is 5.92 Å². The van der Waals surface area contributed by atoms with Gasteiger partial charge in [0.1, 0.15) is 6.04 Å². The van der Waals surface area contributed by atoms with Gasteiger partial charge in [-0.15, -0.1) is 0 Å². The van der Waals surface area contributed by atoms with Crippen LogP contribution in [0, 0.1) is 5.92 Å². The number of nitrogens with zero attached hydrogens (tertiary/aromatic N) is 2. The Bertz CT molecular complexity index is 1050. The number of carbonyl (C=O) groups excluding carboxylic acids is 2. The highest BCUT2D eigenvalue weighted by Crippen LogP contribution is 2.33. The first kappa shape index (κ1) is 19.2. The maximum absolute atomic E-state index is 13.4. The zero-order valence-corrected chi connectivity index (χ0v) is 17.7. The standard InChI is InChI=1S/C24H25N3O2S/c28-22(26-24-25-19-12-6-7-13-21(19)30-24)20(14-16-8-2-1-3-9-16)27-15-17-10-4-5-11-18(17)23(27)29/h4-7,10-13,16,20H,1-3,8-9,14-15H2,(H,25,26,28)/t20-/m0/s1. The maximum atomic E-state index is 13.4. The van der Waals surface area contributed by atoms with E-state index in [9.17, 15) is 9.59 Å². The van der Waals surface area contributed by atoms with Crippen LogP contribution in [0.1, 0.15) is 54.4 Å². The van der Waals surface area contributed by atoms with E-state index < -0.39 is 6.04 Å². The van der Waals surface area contributed by atoms with Gasteiger partial charge in [0.15, 0.2) is 5.13 Å². The summed E-state index contributed by atoms with van der Waals surface area (Å²) >= 11 is 1.47. The molecule has 30 heavy (non-hydrogen) atoms. The average Bonchev–Trinajstić information content (AvgIpc) is 3.33. The Labute approximate surface area is 180 Å². The summed E-state index contributed by atoms with van der Waals surface area (Å²) in [5.74, 6) is 0.327. The molecular formula is C24H25N3O2S. The summed E-state index contributed by atoms with van der Waals surface area (Å²) in [6, 6.07) is 15.1. The van der Waals surface area contributed by atoms with Gasteiger partial charge in [0.05, 0.1) is 10.2 Å². The number of aromatic nitrogens is 1. The number of para-hydroxylation sites is 1. The molecule has 1 saturated carbocycles. The van der Waals surface area contributed by atoms with Gasteiger partial charge in [-0.3, -0.25) is 9.59 Å². The van der Waals surface area contributed by atoms with Crippen molar-refractivity contribution in [2.45, 2.75) is 51.1 Å². The predicted octanol–water partition coefficient (Wildman–Crippen LogP) is 5.23. The number of thiazole rings is 1. The lowest BCUT2D eigenvalue weighted by molar-refractivity contribution is -0.121. The molecular weight excluding hydrogens is 394 g/mol. The van der Waals surface area contributed by atoms with Gasteiger partial charge in [0.2, 0.25) is 5.91 Å². The molecule has 0 spiro atoms. The molecule has 2 heterocycles. The fraction of sp³-hybridized carbons (Fsp3) is 0.375. The maximum Gasteiger partial charge on any atom is 0.255 e. The van der Waals surface area contributed by atoms with Gasteiger partial charge in [0.25, 0.3) is 5.91 Å². The van der Waals surface area contributed by atoms with Crippen LogP contribution in [-0.4, -0.2) is 27.7 Å². The van der Waals surface area contributed by atoms with Crippen LogP contribution < -0.4 is 5.32 Å². The fourth-order valence-corrected chi connectivity index (χ4v) is 5.63. The molecule has 0 saturated heterocycles. The summed E-state index contributed by atoms with van der Waals surface area (Å²) in [6.45, 7) is 0.500. The Hall–Kier alpha value is -2.73. The lowest BCUT2D eigenvalue weighted by atomic mass is 9.84. The van der Waals surface area contributed by atoms with Crippen molar-refractivity contribution in [2.75, 3.05) is 5.32 Å². The molecule has 2 aromatic carbocycles. The summed E-state index contributed by atoms with van der Waals surface area (Å²) < 4.78 is 1.04. The lowest BCUT2D eigenvalue weighted by Gasteiger charge is -2.31. The molecule has 0 unspecified atom stereocenters. The second kappa shape index (κ2) is 8.19. The van der Waals surface area contributed by atoms with Crippen LogP contribution in [-0.2, 0) is 11.3 Å². The Morgan fingerprint density at radius 3 is 2.67 bits per heavy atom. The van der Waals surface area contributed by atoms with E-state index in [1.807, 2.05) is 48.5 Å². The Morgan fingerprint density at radius 2 is 1.87 bits per heavy atom. The third-order valence-corrected chi connectivity index (χ3v) is 7.29. The van der Waals surface area contributed by atoms with E-state index in [-0.39, 0.29) is 11.8 Å². The van der Waals surface area contributed by atoms with E-state index in [4.69, 9.17) is 0 Å². The third-order valence-electron chi connectivity index (χ3n) is 6.33. The van der Waals surface area contributed by atoms with Crippen molar-refractivity contribution in [3.05, 3.63) is 59.7 Å². The molecule has 154 valence electrons. The highest BCUT2D eigenvalue weighted by molar-refractivity contribution is 7.22. The molecule has 0 radical (unpaired) electrons. The SMILES string of the molecule is O=C(Nc1nc2ccccc2s1)[C@H](CC1CCCCC1)N1Cc2ccccc2C1=O. The first-order chi connectivity index (χ1) is 14.7. The Morgan fingerprint density at radius 1 is 1.10 bits per heavy atom. The number of amides is 2. The molecule has 2 aliphatic rings. The highest BCUT2D eigenvalue weighted by Gasteiger charge is 2.37. The minimum absolute atomic E-state index is 0.0362. The summed E-state index contributed by atoms with van der Waals surface area (Å²) in [5, 5.41) is 3.62. The minimum atomic E-state index is -0.472. The number of carbonyl (C=O) groups is 2. The van der Waals surface area contributed by atoms with E-state index in [1.165, 1.54) is 30.6 Å². The monoisotopic (exact) mass is 419 g/mol. The Balaban J connectivity index is 1.40. The predicted molar refractivity (Wildman–Crippen MR) is 120 cm³/mol. The van der Waals surface area contributed by atoms with Gasteiger partial charge in [-0.25, -0.2) is 4.98 Å². The lowest BCUT2D eigenvalue weighted by Crippen LogP contribution is -2.45. The number of hydrogen-bond acceptors (Lipinski definition) is 4. The van der Waals surface area contributed by atoms with E-state index in [2.05, 4.69) is 10.3 Å². The van der Waals surface area contributed by atoms with Crippen molar-refractivity contribution in [1.29, 1.82) is 0 Å². The van der Waals surface area contributed by atoms with Crippen LogP contribution >= 0.6 is 11.3 Å². The number of rotatable bonds is 5. The van der Waals surface area contributed by atoms with Crippen LogP contribution in [0.2, 0.25) is 0 Å². The number of nitrogens with one attached hydrogen (secondary N) is 1. The van der Waals surface area contributed by atoms with Crippen LogP contribution in [0.4, 0.5) is 5.13 Å². The number of benzene rings is 2. The quantitative estimate of drug-likeness (QED) is 0.616. The number of hydrogen-bond donors (Lipinski definition) is 1. The second-order valence-electron chi connectivity index (χ2n) is 8.32. The van der Waals surface area contributed by atoms with Crippen molar-refractivity contribution in [3.63, 3.8) is 0 Å². The molecule has 1 aliphatic carbocycles. The summed E-state index contributed by atoms with van der Waals surface area (Å²) in [6.07, 6.45) is 6.69. The largest absolute Gasteiger partial charge is 0.322 e. The summed E-state index contributed by atoms with van der Waals surface area (Å²) in [5.41, 5.74) is 2.61. The summed E-state index contributed by atoms with van der Waals surface area (Å²) in [7, 11) is 0. The molecule has 0 bridgehead atoms. The highest BCUT2D eigenvalue weighted by atomic mass is 32.1. The average molecular weight is 420 g/mol. The molecule has 1 aliphatic heterocycles. The van der Waals surface area contributed by atoms with Crippen molar-refractivity contribution in [3.8, 4) is 0 Å². The molecule has 3 aromatic rings. The molecule has 1 atom stereocenters. The van der Waals surface area contributed by atoms with Crippen LogP contribution in [0.3, 0.4) is 0 Å². The molecule has 1 N–H and O–H groups in total. The zero-order valence-electron chi connectivity index (χ0n) is 16.8. The van der Waals surface area contributed by atoms with E-state index in [1.54, 1.807) is 4.90 Å². The minimum Gasteiger partial charge on any atom is -0.322 e. The molecule has 2 amide bonds. The number of anilines is 1. The van der Waals surface area contributed by atoms with E-state index in [0.717, 1.165) is 40.6 Å². The van der Waals surface area contributed by atoms with Gasteiger partial charge in [-0.2, -0.15) is 0 Å². The van der Waals surface area contributed by atoms with Gasteiger partial charge in [0, 0.05) is 12.1 Å². The van der Waals surface area contributed by atoms with E-state index in [0.29, 0.717) is 17.6 Å². The van der Waals surface area contributed by atoms with E-state index >= 15 is 0 Å². The number of fused-ring (bicyclic) bond motifs is 2. The first-order valence-corrected chi connectivity index (χ1v) is 11.6. The van der Waals surface area contributed by atoms with Gasteiger partial charge < -0.3 is 10.2 Å². The van der Waals surface area contributed by atoms with Crippen molar-refractivity contribution < 1.29 is 9.59 Å². The smallest absolute Gasteiger partial charge is 0.255 e. The molecule has 1 aromatic heterocycles. The molecule has 5 rings (SSSR count). The first-order valence-electron chi connectivity index (χ1n) is 10.7. The fourth-order valence-electron chi connectivity index (χ4n) is 4.76. The second-order valence-corrected chi connectivity index (χ2v) is 9.35. The van der Waals surface area contributed by atoms with Gasteiger partial charge in [-0.1, -0.05) is 73.8 Å².